The molecular weight excluding hydrogens is 474 g/mol. The Balaban J connectivity index is 1.36. The molecular formula is C26H23F4N5O. The largest absolute Gasteiger partial charge is 0.433 e. The number of nitrogens with zero attached hydrogens (tertiary/aromatic N) is 4. The van der Waals surface area contributed by atoms with Crippen molar-refractivity contribution >= 4 is 28.2 Å². The van der Waals surface area contributed by atoms with E-state index >= 15 is 0 Å². The van der Waals surface area contributed by atoms with Crippen LogP contribution in [0.5, 0.6) is 0 Å². The number of aromatic nitrogens is 3. The Hall–Kier alpha value is -3.95. The number of benzene rings is 2. The third-order valence-corrected chi connectivity index (χ3v) is 6.68. The minimum absolute atomic E-state index is 0.0210. The first-order chi connectivity index (χ1) is 17.2. The van der Waals surface area contributed by atoms with Crippen molar-refractivity contribution < 1.29 is 22.4 Å². The van der Waals surface area contributed by atoms with Crippen molar-refractivity contribution in [1.82, 2.24) is 15.2 Å². The number of hydrogen-bond donors (Lipinski definition) is 1. The highest BCUT2D eigenvalue weighted by atomic mass is 19.4. The number of carbonyl (C=O) groups excluding carboxylic acids is 1. The summed E-state index contributed by atoms with van der Waals surface area (Å²) in [5.74, 6) is -0.564. The summed E-state index contributed by atoms with van der Waals surface area (Å²) < 4.78 is 53.4. The molecule has 5 rings (SSSR count). The van der Waals surface area contributed by atoms with Crippen LogP contribution in [-0.2, 0) is 11.0 Å². The van der Waals surface area contributed by atoms with Gasteiger partial charge in [-0.05, 0) is 60.9 Å². The molecule has 6 nitrogen and oxygen atoms in total. The zero-order chi connectivity index (χ0) is 25.4. The molecule has 0 bridgehead atoms. The average molecular weight is 497 g/mol. The molecule has 1 aliphatic rings. The number of amides is 1. The number of hydrogen-bond acceptors (Lipinski definition) is 4. The molecule has 1 aliphatic heterocycles. The Morgan fingerprint density at radius 3 is 2.50 bits per heavy atom. The molecule has 3 heterocycles. The monoisotopic (exact) mass is 497 g/mol. The third kappa shape index (κ3) is 4.50. The van der Waals surface area contributed by atoms with E-state index in [2.05, 4.69) is 20.1 Å². The van der Waals surface area contributed by atoms with Crippen molar-refractivity contribution in [2.24, 2.45) is 5.92 Å². The molecule has 2 aromatic heterocycles. The number of piperidine rings is 1. The van der Waals surface area contributed by atoms with Gasteiger partial charge in [-0.3, -0.25) is 14.9 Å². The van der Waals surface area contributed by atoms with Crippen LogP contribution >= 0.6 is 0 Å². The van der Waals surface area contributed by atoms with Gasteiger partial charge in [0, 0.05) is 54.6 Å². The summed E-state index contributed by atoms with van der Waals surface area (Å²) in [6.07, 6.45) is -0.458. The third-order valence-electron chi connectivity index (χ3n) is 6.68. The fraction of sp³-hybridized carbons (Fsp3) is 0.269. The van der Waals surface area contributed by atoms with Crippen molar-refractivity contribution in [2.75, 3.05) is 29.9 Å². The van der Waals surface area contributed by atoms with E-state index in [4.69, 9.17) is 0 Å². The van der Waals surface area contributed by atoms with E-state index in [0.29, 0.717) is 42.7 Å². The summed E-state index contributed by atoms with van der Waals surface area (Å²) >= 11 is 0. The number of pyridine rings is 1. The summed E-state index contributed by atoms with van der Waals surface area (Å²) in [4.78, 5) is 21.1. The van der Waals surface area contributed by atoms with Crippen LogP contribution in [0.2, 0.25) is 0 Å². The van der Waals surface area contributed by atoms with Gasteiger partial charge in [0.05, 0.1) is 11.7 Å². The number of aromatic amines is 1. The van der Waals surface area contributed by atoms with E-state index in [0.717, 1.165) is 11.1 Å². The average Bonchev–Trinajstić information content (AvgIpc) is 3.39. The molecule has 2 aromatic carbocycles. The maximum Gasteiger partial charge on any atom is 0.433 e. The number of carbonyl (C=O) groups is 1. The molecule has 0 atom stereocenters. The Kier molecular flexibility index (Phi) is 6.11. The number of H-pyrrole nitrogens is 1. The standard InChI is InChI=1S/C26H23F4N5O/c1-34(19-5-3-18(27)4-6-19)25(36)16-9-12-35(13-10-16)23-8-11-31-22-7-2-17(14-20(22)23)21-15-32-33-24(21)26(28,29)30/h2-8,11,14-16H,9-10,12-13H2,1H3,(H,32,33). The van der Waals surface area contributed by atoms with E-state index in [9.17, 15) is 22.4 Å². The molecule has 0 unspecified atom stereocenters. The Morgan fingerprint density at radius 1 is 1.08 bits per heavy atom. The fourth-order valence-corrected chi connectivity index (χ4v) is 4.73. The summed E-state index contributed by atoms with van der Waals surface area (Å²) in [5.41, 5.74) is 1.64. The highest BCUT2D eigenvalue weighted by Crippen LogP contribution is 2.38. The summed E-state index contributed by atoms with van der Waals surface area (Å²) in [5, 5.41) is 6.38. The first-order valence-corrected chi connectivity index (χ1v) is 11.5. The second-order valence-corrected chi connectivity index (χ2v) is 8.85. The summed E-state index contributed by atoms with van der Waals surface area (Å²) in [7, 11) is 1.69. The zero-order valence-electron chi connectivity index (χ0n) is 19.4. The van der Waals surface area contributed by atoms with Gasteiger partial charge in [-0.15, -0.1) is 0 Å². The Bertz CT molecular complexity index is 1390. The molecule has 1 saturated heterocycles. The number of halogens is 4. The minimum Gasteiger partial charge on any atom is -0.371 e. The fourth-order valence-electron chi connectivity index (χ4n) is 4.73. The summed E-state index contributed by atoms with van der Waals surface area (Å²) in [6, 6.07) is 12.7. The van der Waals surface area contributed by atoms with Gasteiger partial charge in [0.25, 0.3) is 0 Å². The van der Waals surface area contributed by atoms with Crippen LogP contribution < -0.4 is 9.80 Å². The van der Waals surface area contributed by atoms with Crippen molar-refractivity contribution in [2.45, 2.75) is 19.0 Å². The van der Waals surface area contributed by atoms with E-state index in [-0.39, 0.29) is 23.2 Å². The topological polar surface area (TPSA) is 65.1 Å². The molecule has 1 fully saturated rings. The molecule has 10 heteroatoms. The quantitative estimate of drug-likeness (QED) is 0.370. The van der Waals surface area contributed by atoms with Crippen molar-refractivity contribution in [3.05, 3.63) is 72.4 Å². The van der Waals surface area contributed by atoms with Crippen LogP contribution in [0.3, 0.4) is 0 Å². The van der Waals surface area contributed by atoms with Crippen molar-refractivity contribution in [1.29, 1.82) is 0 Å². The molecule has 0 spiro atoms. The van der Waals surface area contributed by atoms with Crippen LogP contribution in [0.25, 0.3) is 22.0 Å². The van der Waals surface area contributed by atoms with Gasteiger partial charge in [-0.25, -0.2) is 4.39 Å². The molecule has 1 amide bonds. The lowest BCUT2D eigenvalue weighted by molar-refractivity contribution is -0.140. The SMILES string of the molecule is CN(C(=O)C1CCN(c2ccnc3ccc(-c4cn[nH]c4C(F)(F)F)cc23)CC1)c1ccc(F)cc1. The maximum absolute atomic E-state index is 13.4. The first-order valence-electron chi connectivity index (χ1n) is 11.5. The number of fused-ring (bicyclic) bond motifs is 1. The van der Waals surface area contributed by atoms with Crippen LogP contribution in [-0.4, -0.2) is 41.2 Å². The van der Waals surface area contributed by atoms with E-state index in [1.54, 1.807) is 48.5 Å². The molecule has 4 aromatic rings. The Labute approximate surface area is 204 Å². The molecule has 0 saturated carbocycles. The smallest absolute Gasteiger partial charge is 0.371 e. The predicted molar refractivity (Wildman–Crippen MR) is 129 cm³/mol. The molecule has 0 radical (unpaired) electrons. The Morgan fingerprint density at radius 2 is 1.81 bits per heavy atom. The van der Waals surface area contributed by atoms with Crippen LogP contribution in [0.15, 0.2) is 60.9 Å². The van der Waals surface area contributed by atoms with Crippen molar-refractivity contribution in [3.63, 3.8) is 0 Å². The van der Waals surface area contributed by atoms with Gasteiger partial charge in [-0.2, -0.15) is 18.3 Å². The van der Waals surface area contributed by atoms with Crippen LogP contribution in [0.1, 0.15) is 18.5 Å². The van der Waals surface area contributed by atoms with Crippen LogP contribution in [0, 0.1) is 11.7 Å². The maximum atomic E-state index is 13.4. The van der Waals surface area contributed by atoms with Gasteiger partial charge < -0.3 is 9.80 Å². The first kappa shape index (κ1) is 23.8. The lowest BCUT2D eigenvalue weighted by Gasteiger charge is -2.35. The molecule has 186 valence electrons. The second kappa shape index (κ2) is 9.25. The summed E-state index contributed by atoms with van der Waals surface area (Å²) in [6.45, 7) is 1.22. The van der Waals surface area contributed by atoms with Crippen LogP contribution in [0.4, 0.5) is 28.9 Å². The van der Waals surface area contributed by atoms with E-state index < -0.39 is 11.9 Å². The number of alkyl halides is 3. The second-order valence-electron chi connectivity index (χ2n) is 8.85. The number of nitrogens with one attached hydrogen (secondary N) is 1. The van der Waals surface area contributed by atoms with Gasteiger partial charge >= 0.3 is 6.18 Å². The van der Waals surface area contributed by atoms with Gasteiger partial charge in [0.15, 0.2) is 0 Å². The molecule has 0 aliphatic carbocycles. The predicted octanol–water partition coefficient (Wildman–Crippen LogP) is 5.66. The van der Waals surface area contributed by atoms with Crippen molar-refractivity contribution in [3.8, 4) is 11.1 Å². The highest BCUT2D eigenvalue weighted by molar-refractivity contribution is 5.96. The van der Waals surface area contributed by atoms with E-state index in [1.807, 2.05) is 6.07 Å². The van der Waals surface area contributed by atoms with Gasteiger partial charge in [-0.1, -0.05) is 6.07 Å². The highest BCUT2D eigenvalue weighted by Gasteiger charge is 2.36. The molecule has 1 N–H and O–H groups in total. The van der Waals surface area contributed by atoms with Gasteiger partial charge in [0.2, 0.25) is 5.91 Å². The lowest BCUT2D eigenvalue weighted by atomic mass is 9.94. The number of anilines is 2. The van der Waals surface area contributed by atoms with E-state index in [1.165, 1.54) is 18.3 Å². The number of rotatable bonds is 4. The molecule has 36 heavy (non-hydrogen) atoms. The lowest BCUT2D eigenvalue weighted by Crippen LogP contribution is -2.41. The zero-order valence-corrected chi connectivity index (χ0v) is 19.4. The van der Waals surface area contributed by atoms with Gasteiger partial charge in [0.1, 0.15) is 11.5 Å². The normalized spacial score (nSPS) is 14.9. The minimum atomic E-state index is -4.55.